The second-order valence-corrected chi connectivity index (χ2v) is 3.50. The standard InChI is InChI=1S/C11H11F2N3O/c1-2-16-10(6-17)14-15-11(16)7-3-8(12)5-9(13)4-7/h3-5,17H,2,6H2,1H3. The van der Waals surface area contributed by atoms with Crippen LogP contribution in [-0.4, -0.2) is 19.9 Å². The Morgan fingerprint density at radius 2 is 1.82 bits per heavy atom. The van der Waals surface area contributed by atoms with Gasteiger partial charge in [-0.1, -0.05) is 0 Å². The fraction of sp³-hybridized carbons (Fsp3) is 0.273. The molecule has 0 bridgehead atoms. The van der Waals surface area contributed by atoms with Crippen LogP contribution in [0.3, 0.4) is 0 Å². The molecule has 1 N–H and O–H groups in total. The smallest absolute Gasteiger partial charge is 0.164 e. The molecule has 2 rings (SSSR count). The van der Waals surface area contributed by atoms with Crippen LogP contribution in [0.5, 0.6) is 0 Å². The Morgan fingerprint density at radius 3 is 2.35 bits per heavy atom. The van der Waals surface area contributed by atoms with Gasteiger partial charge in [-0.15, -0.1) is 10.2 Å². The molecule has 0 unspecified atom stereocenters. The van der Waals surface area contributed by atoms with E-state index in [1.165, 1.54) is 12.1 Å². The summed E-state index contributed by atoms with van der Waals surface area (Å²) in [6.07, 6.45) is 0. The molecule has 0 fully saturated rings. The lowest BCUT2D eigenvalue weighted by Crippen LogP contribution is -2.03. The third-order valence-electron chi connectivity index (χ3n) is 2.41. The van der Waals surface area contributed by atoms with Crippen molar-refractivity contribution in [2.75, 3.05) is 0 Å². The molecule has 0 saturated heterocycles. The van der Waals surface area contributed by atoms with Gasteiger partial charge in [-0.25, -0.2) is 8.78 Å². The van der Waals surface area contributed by atoms with Crippen molar-refractivity contribution in [3.63, 3.8) is 0 Å². The Hall–Kier alpha value is -1.82. The molecule has 1 heterocycles. The third kappa shape index (κ3) is 2.16. The van der Waals surface area contributed by atoms with Gasteiger partial charge in [0, 0.05) is 18.2 Å². The molecule has 0 radical (unpaired) electrons. The summed E-state index contributed by atoms with van der Waals surface area (Å²) in [5.41, 5.74) is 0.302. The first-order valence-electron chi connectivity index (χ1n) is 5.15. The van der Waals surface area contributed by atoms with E-state index in [-0.39, 0.29) is 6.61 Å². The van der Waals surface area contributed by atoms with Crippen LogP contribution in [0, 0.1) is 11.6 Å². The van der Waals surface area contributed by atoms with Gasteiger partial charge in [0.15, 0.2) is 11.6 Å². The van der Waals surface area contributed by atoms with Crippen molar-refractivity contribution in [3.05, 3.63) is 35.7 Å². The fourth-order valence-electron chi connectivity index (χ4n) is 1.68. The Bertz CT molecular complexity index is 519. The third-order valence-corrected chi connectivity index (χ3v) is 2.41. The maximum absolute atomic E-state index is 13.1. The zero-order valence-electron chi connectivity index (χ0n) is 9.19. The number of halogens is 2. The lowest BCUT2D eigenvalue weighted by molar-refractivity contribution is 0.265. The molecule has 0 atom stereocenters. The maximum Gasteiger partial charge on any atom is 0.164 e. The average Bonchev–Trinajstić information content (AvgIpc) is 2.70. The Kier molecular flexibility index (Phi) is 3.14. The van der Waals surface area contributed by atoms with Crippen molar-refractivity contribution >= 4 is 0 Å². The first kappa shape index (κ1) is 11.7. The summed E-state index contributed by atoms with van der Waals surface area (Å²) in [5.74, 6) is -0.630. The van der Waals surface area contributed by atoms with Gasteiger partial charge in [0.1, 0.15) is 18.2 Å². The number of rotatable bonds is 3. The quantitative estimate of drug-likeness (QED) is 0.887. The van der Waals surface area contributed by atoms with Crippen molar-refractivity contribution in [1.82, 2.24) is 14.8 Å². The van der Waals surface area contributed by atoms with E-state index in [4.69, 9.17) is 5.11 Å². The van der Waals surface area contributed by atoms with Gasteiger partial charge in [-0.3, -0.25) is 0 Å². The van der Waals surface area contributed by atoms with Gasteiger partial charge < -0.3 is 9.67 Å². The number of hydrogen-bond donors (Lipinski definition) is 1. The molecule has 1 aromatic carbocycles. The molecular formula is C11H11F2N3O. The van der Waals surface area contributed by atoms with Crippen LogP contribution in [-0.2, 0) is 13.2 Å². The number of aliphatic hydroxyl groups is 1. The van der Waals surface area contributed by atoms with E-state index in [1.807, 2.05) is 6.92 Å². The molecule has 17 heavy (non-hydrogen) atoms. The van der Waals surface area contributed by atoms with E-state index in [2.05, 4.69) is 10.2 Å². The summed E-state index contributed by atoms with van der Waals surface area (Å²) in [6.45, 7) is 2.08. The molecule has 2 aromatic rings. The van der Waals surface area contributed by atoms with E-state index in [0.29, 0.717) is 23.8 Å². The SMILES string of the molecule is CCn1c(CO)nnc1-c1cc(F)cc(F)c1. The van der Waals surface area contributed by atoms with E-state index in [0.717, 1.165) is 6.07 Å². The lowest BCUT2D eigenvalue weighted by Gasteiger charge is -2.06. The van der Waals surface area contributed by atoms with Crippen molar-refractivity contribution in [1.29, 1.82) is 0 Å². The van der Waals surface area contributed by atoms with Crippen LogP contribution >= 0.6 is 0 Å². The minimum atomic E-state index is -0.670. The largest absolute Gasteiger partial charge is 0.388 e. The predicted octanol–water partition coefficient (Wildman–Crippen LogP) is 1.74. The molecule has 0 aliphatic carbocycles. The van der Waals surface area contributed by atoms with Crippen LogP contribution in [0.15, 0.2) is 18.2 Å². The van der Waals surface area contributed by atoms with Gasteiger partial charge >= 0.3 is 0 Å². The number of benzene rings is 1. The first-order chi connectivity index (χ1) is 8.15. The molecular weight excluding hydrogens is 228 g/mol. The van der Waals surface area contributed by atoms with Crippen LogP contribution in [0.2, 0.25) is 0 Å². The monoisotopic (exact) mass is 239 g/mol. The molecule has 0 saturated carbocycles. The predicted molar refractivity (Wildman–Crippen MR) is 57.0 cm³/mol. The highest BCUT2D eigenvalue weighted by atomic mass is 19.1. The lowest BCUT2D eigenvalue weighted by atomic mass is 10.2. The van der Waals surface area contributed by atoms with E-state index in [9.17, 15) is 8.78 Å². The molecule has 0 amide bonds. The second kappa shape index (κ2) is 4.58. The summed E-state index contributed by atoms with van der Waals surface area (Å²) in [7, 11) is 0. The van der Waals surface area contributed by atoms with Gasteiger partial charge in [-0.2, -0.15) is 0 Å². The second-order valence-electron chi connectivity index (χ2n) is 3.50. The highest BCUT2D eigenvalue weighted by Gasteiger charge is 2.13. The summed E-state index contributed by atoms with van der Waals surface area (Å²) in [4.78, 5) is 0. The van der Waals surface area contributed by atoms with Gasteiger partial charge in [0.05, 0.1) is 0 Å². The van der Waals surface area contributed by atoms with Gasteiger partial charge in [0.25, 0.3) is 0 Å². The number of aromatic nitrogens is 3. The van der Waals surface area contributed by atoms with Crippen molar-refractivity contribution in [2.45, 2.75) is 20.1 Å². The highest BCUT2D eigenvalue weighted by molar-refractivity contribution is 5.55. The fourth-order valence-corrected chi connectivity index (χ4v) is 1.68. The molecule has 6 heteroatoms. The van der Waals surface area contributed by atoms with Crippen molar-refractivity contribution in [3.8, 4) is 11.4 Å². The van der Waals surface area contributed by atoms with E-state index >= 15 is 0 Å². The normalized spacial score (nSPS) is 10.8. The first-order valence-corrected chi connectivity index (χ1v) is 5.15. The molecule has 0 aliphatic rings. The zero-order chi connectivity index (χ0) is 12.4. The van der Waals surface area contributed by atoms with Crippen LogP contribution in [0.4, 0.5) is 8.78 Å². The molecule has 0 aliphatic heterocycles. The topological polar surface area (TPSA) is 50.9 Å². The highest BCUT2D eigenvalue weighted by Crippen LogP contribution is 2.20. The number of hydrogen-bond acceptors (Lipinski definition) is 3. The van der Waals surface area contributed by atoms with Gasteiger partial charge in [0.2, 0.25) is 0 Å². The maximum atomic E-state index is 13.1. The zero-order valence-corrected chi connectivity index (χ0v) is 9.19. The minimum absolute atomic E-state index is 0.265. The molecule has 4 nitrogen and oxygen atoms in total. The summed E-state index contributed by atoms with van der Waals surface area (Å²) >= 11 is 0. The Morgan fingerprint density at radius 1 is 1.18 bits per heavy atom. The van der Waals surface area contributed by atoms with Gasteiger partial charge in [-0.05, 0) is 19.1 Å². The Balaban J connectivity index is 2.55. The van der Waals surface area contributed by atoms with E-state index in [1.54, 1.807) is 4.57 Å². The van der Waals surface area contributed by atoms with Crippen LogP contribution in [0.25, 0.3) is 11.4 Å². The average molecular weight is 239 g/mol. The summed E-state index contributed by atoms with van der Waals surface area (Å²) < 4.78 is 27.8. The Labute approximate surface area is 96.5 Å². The van der Waals surface area contributed by atoms with Crippen LogP contribution in [0.1, 0.15) is 12.7 Å². The minimum Gasteiger partial charge on any atom is -0.388 e. The van der Waals surface area contributed by atoms with Crippen molar-refractivity contribution in [2.24, 2.45) is 0 Å². The van der Waals surface area contributed by atoms with Crippen molar-refractivity contribution < 1.29 is 13.9 Å². The summed E-state index contributed by atoms with van der Waals surface area (Å²) in [6, 6.07) is 3.16. The van der Waals surface area contributed by atoms with Crippen LogP contribution < -0.4 is 0 Å². The summed E-state index contributed by atoms with van der Waals surface area (Å²) in [5, 5.41) is 16.6. The number of nitrogens with zero attached hydrogens (tertiary/aromatic N) is 3. The molecule has 0 spiro atoms. The molecule has 1 aromatic heterocycles. The molecule has 90 valence electrons. The van der Waals surface area contributed by atoms with E-state index < -0.39 is 11.6 Å². The number of aliphatic hydroxyl groups excluding tert-OH is 1.